The van der Waals surface area contributed by atoms with Crippen molar-refractivity contribution in [2.24, 2.45) is 0 Å². The minimum atomic E-state index is 0.228. The third-order valence-electron chi connectivity index (χ3n) is 4.09. The second-order valence-electron chi connectivity index (χ2n) is 6.67. The van der Waals surface area contributed by atoms with Crippen molar-refractivity contribution in [1.82, 2.24) is 25.1 Å². The Bertz CT molecular complexity index is 655. The summed E-state index contributed by atoms with van der Waals surface area (Å²) in [5.41, 5.74) is 0. The van der Waals surface area contributed by atoms with Crippen LogP contribution in [-0.2, 0) is 0 Å². The van der Waals surface area contributed by atoms with Crippen molar-refractivity contribution in [3.63, 3.8) is 0 Å². The topological polar surface area (TPSA) is 80.8 Å². The molecule has 2 aromatic heterocycles. The minimum absolute atomic E-state index is 0.228. The van der Waals surface area contributed by atoms with E-state index in [1.54, 1.807) is 0 Å². The summed E-state index contributed by atoms with van der Waals surface area (Å²) in [6.45, 7) is 4.13. The van der Waals surface area contributed by atoms with Gasteiger partial charge in [0, 0.05) is 37.7 Å². The maximum absolute atomic E-state index is 5.85. The van der Waals surface area contributed by atoms with Gasteiger partial charge in [0.15, 0.2) is 0 Å². The lowest BCUT2D eigenvalue weighted by atomic mass is 9.89. The molecule has 1 aliphatic carbocycles. The van der Waals surface area contributed by atoms with Crippen LogP contribution in [0.2, 0.25) is 0 Å². The highest BCUT2D eigenvalue weighted by atomic mass is 32.2. The van der Waals surface area contributed by atoms with Gasteiger partial charge >= 0.3 is 0 Å². The zero-order valence-electron chi connectivity index (χ0n) is 14.7. The highest BCUT2D eigenvalue weighted by molar-refractivity contribution is 7.98. The first-order chi connectivity index (χ1) is 11.5. The van der Waals surface area contributed by atoms with Crippen molar-refractivity contribution in [3.05, 3.63) is 11.7 Å². The Balaban J connectivity index is 1.79. The van der Waals surface area contributed by atoms with E-state index >= 15 is 0 Å². The lowest BCUT2D eigenvalue weighted by molar-refractivity contribution is 0.334. The Morgan fingerprint density at radius 3 is 2.46 bits per heavy atom. The van der Waals surface area contributed by atoms with E-state index in [9.17, 15) is 0 Å². The summed E-state index contributed by atoms with van der Waals surface area (Å²) in [5.74, 6) is 2.80. The van der Waals surface area contributed by atoms with E-state index in [0.29, 0.717) is 22.2 Å². The lowest BCUT2D eigenvalue weighted by Gasteiger charge is -2.17. The van der Waals surface area contributed by atoms with Gasteiger partial charge in [0.05, 0.1) is 0 Å². The number of anilines is 1. The lowest BCUT2D eigenvalue weighted by Crippen LogP contribution is -2.15. The molecule has 0 bridgehead atoms. The summed E-state index contributed by atoms with van der Waals surface area (Å²) < 4.78 is 5.85. The van der Waals surface area contributed by atoms with Crippen molar-refractivity contribution in [1.29, 1.82) is 0 Å². The molecular weight excluding hydrogens is 324 g/mol. The quantitative estimate of drug-likeness (QED) is 0.810. The zero-order valence-corrected chi connectivity index (χ0v) is 15.5. The first-order valence-electron chi connectivity index (χ1n) is 8.47. The molecule has 0 radical (unpaired) electrons. The highest BCUT2D eigenvalue weighted by Crippen LogP contribution is 2.34. The number of rotatable bonds is 5. The van der Waals surface area contributed by atoms with E-state index in [1.165, 1.54) is 31.0 Å². The standard InChI is InChI=1S/C16H24N6OS/c1-10(2)12-17-14(22(3)4)19-15(18-12)24-16-21-20-13(23-16)11-8-6-5-7-9-11/h10-11H,5-9H2,1-4H3. The number of nitrogens with zero attached hydrogens (tertiary/aromatic N) is 6. The molecule has 3 rings (SSSR count). The van der Waals surface area contributed by atoms with Gasteiger partial charge in [0.1, 0.15) is 5.82 Å². The number of hydrogen-bond donors (Lipinski definition) is 0. The van der Waals surface area contributed by atoms with E-state index in [-0.39, 0.29) is 5.92 Å². The largest absolute Gasteiger partial charge is 0.415 e. The first-order valence-corrected chi connectivity index (χ1v) is 9.29. The fourth-order valence-electron chi connectivity index (χ4n) is 2.72. The predicted molar refractivity (Wildman–Crippen MR) is 92.5 cm³/mol. The molecule has 0 N–H and O–H groups in total. The fraction of sp³-hybridized carbons (Fsp3) is 0.688. The molecule has 0 spiro atoms. The molecule has 0 aliphatic heterocycles. The minimum Gasteiger partial charge on any atom is -0.415 e. The highest BCUT2D eigenvalue weighted by Gasteiger charge is 2.22. The SMILES string of the molecule is CC(C)c1nc(Sc2nnc(C3CCCCC3)o2)nc(N(C)C)n1. The molecule has 1 aliphatic rings. The van der Waals surface area contributed by atoms with E-state index in [2.05, 4.69) is 39.0 Å². The van der Waals surface area contributed by atoms with Gasteiger partial charge in [-0.2, -0.15) is 9.97 Å². The molecule has 2 aromatic rings. The Morgan fingerprint density at radius 1 is 1.04 bits per heavy atom. The third kappa shape index (κ3) is 4.03. The van der Waals surface area contributed by atoms with Crippen molar-refractivity contribution >= 4 is 17.7 Å². The molecule has 24 heavy (non-hydrogen) atoms. The summed E-state index contributed by atoms with van der Waals surface area (Å²) >= 11 is 1.31. The van der Waals surface area contributed by atoms with Gasteiger partial charge < -0.3 is 9.32 Å². The molecule has 0 amide bonds. The normalized spacial score (nSPS) is 15.9. The van der Waals surface area contributed by atoms with Gasteiger partial charge in [0.25, 0.3) is 5.22 Å². The van der Waals surface area contributed by atoms with Gasteiger partial charge in [-0.3, -0.25) is 0 Å². The molecule has 8 heteroatoms. The van der Waals surface area contributed by atoms with Crippen molar-refractivity contribution in [2.45, 2.75) is 68.2 Å². The Hall–Kier alpha value is -1.70. The van der Waals surface area contributed by atoms with Crippen molar-refractivity contribution in [2.75, 3.05) is 19.0 Å². The number of aromatic nitrogens is 5. The first kappa shape index (κ1) is 17.1. The van der Waals surface area contributed by atoms with Crippen molar-refractivity contribution < 1.29 is 4.42 Å². The van der Waals surface area contributed by atoms with Crippen LogP contribution in [0.15, 0.2) is 14.8 Å². The molecule has 130 valence electrons. The second-order valence-corrected chi connectivity index (χ2v) is 7.59. The maximum Gasteiger partial charge on any atom is 0.284 e. The van der Waals surface area contributed by atoms with Crippen LogP contribution in [0.5, 0.6) is 0 Å². The van der Waals surface area contributed by atoms with Crippen LogP contribution in [-0.4, -0.2) is 39.2 Å². The van der Waals surface area contributed by atoms with E-state index < -0.39 is 0 Å². The molecule has 1 saturated carbocycles. The smallest absolute Gasteiger partial charge is 0.284 e. The molecule has 0 atom stereocenters. The monoisotopic (exact) mass is 348 g/mol. The average Bonchev–Trinajstić information content (AvgIpc) is 3.03. The van der Waals surface area contributed by atoms with Crippen LogP contribution in [0.3, 0.4) is 0 Å². The third-order valence-corrected chi connectivity index (χ3v) is 4.80. The van der Waals surface area contributed by atoms with Crippen molar-refractivity contribution in [3.8, 4) is 0 Å². The van der Waals surface area contributed by atoms with Gasteiger partial charge in [-0.1, -0.05) is 33.1 Å². The molecule has 0 aromatic carbocycles. The average molecular weight is 348 g/mol. The van der Waals surface area contributed by atoms with E-state index in [4.69, 9.17) is 4.42 Å². The Labute approximate surface area is 146 Å². The summed E-state index contributed by atoms with van der Waals surface area (Å²) in [5, 5.41) is 9.49. The second kappa shape index (κ2) is 7.46. The van der Waals surface area contributed by atoms with E-state index in [0.717, 1.165) is 24.6 Å². The van der Waals surface area contributed by atoms with Crippen LogP contribution in [0.4, 0.5) is 5.95 Å². The zero-order chi connectivity index (χ0) is 17.1. The fourth-order valence-corrected chi connectivity index (χ4v) is 3.35. The van der Waals surface area contributed by atoms with Crippen LogP contribution >= 0.6 is 11.8 Å². The van der Waals surface area contributed by atoms with Gasteiger partial charge in [-0.25, -0.2) is 4.98 Å². The van der Waals surface area contributed by atoms with Gasteiger partial charge in [0.2, 0.25) is 17.0 Å². The Kier molecular flexibility index (Phi) is 5.33. The van der Waals surface area contributed by atoms with Crippen LogP contribution in [0.1, 0.15) is 69.5 Å². The molecular formula is C16H24N6OS. The van der Waals surface area contributed by atoms with Gasteiger partial charge in [-0.15, -0.1) is 10.2 Å². The Morgan fingerprint density at radius 2 is 1.79 bits per heavy atom. The molecule has 0 saturated heterocycles. The summed E-state index contributed by atoms with van der Waals surface area (Å²) in [4.78, 5) is 15.3. The summed E-state index contributed by atoms with van der Waals surface area (Å²) in [6, 6.07) is 0. The van der Waals surface area contributed by atoms with E-state index in [1.807, 2.05) is 19.0 Å². The summed E-state index contributed by atoms with van der Waals surface area (Å²) in [6.07, 6.45) is 6.07. The maximum atomic E-state index is 5.85. The van der Waals surface area contributed by atoms with Gasteiger partial charge in [-0.05, 0) is 12.8 Å². The van der Waals surface area contributed by atoms with Crippen LogP contribution in [0.25, 0.3) is 0 Å². The molecule has 1 fully saturated rings. The molecule has 7 nitrogen and oxygen atoms in total. The number of hydrogen-bond acceptors (Lipinski definition) is 8. The molecule has 2 heterocycles. The molecule has 0 unspecified atom stereocenters. The van der Waals surface area contributed by atoms with Crippen LogP contribution < -0.4 is 4.90 Å². The predicted octanol–water partition coefficient (Wildman–Crippen LogP) is 3.64. The summed E-state index contributed by atoms with van der Waals surface area (Å²) in [7, 11) is 3.84. The van der Waals surface area contributed by atoms with Crippen LogP contribution in [0, 0.1) is 0 Å².